The molecular formula is C8H16O2. The van der Waals surface area contributed by atoms with Crippen molar-refractivity contribution in [3.05, 3.63) is 0 Å². The van der Waals surface area contributed by atoms with Crippen LogP contribution in [0, 0.1) is 5.92 Å². The zero-order chi connectivity index (χ0) is 7.61. The summed E-state index contributed by atoms with van der Waals surface area (Å²) >= 11 is 0. The third-order valence-corrected chi connectivity index (χ3v) is 1.88. The number of ether oxygens (including phenoxy) is 1. The lowest BCUT2D eigenvalue weighted by molar-refractivity contribution is -0.0263. The minimum absolute atomic E-state index is 0.462. The van der Waals surface area contributed by atoms with Crippen LogP contribution in [0.4, 0.5) is 0 Å². The smallest absolute Gasteiger partial charge is 0.0854 e. The second-order valence-electron chi connectivity index (χ2n) is 3.58. The van der Waals surface area contributed by atoms with Crippen LogP contribution in [0.1, 0.15) is 26.2 Å². The van der Waals surface area contributed by atoms with Gasteiger partial charge in [0.15, 0.2) is 0 Å². The van der Waals surface area contributed by atoms with Gasteiger partial charge in [0.1, 0.15) is 0 Å². The molecule has 0 aliphatic heterocycles. The Bertz CT molecular complexity index is 106. The van der Waals surface area contributed by atoms with E-state index < -0.39 is 5.60 Å². The van der Waals surface area contributed by atoms with E-state index in [-0.39, 0.29) is 0 Å². The molecule has 0 amide bonds. The average Bonchev–Trinajstić information content (AvgIpc) is 2.48. The summed E-state index contributed by atoms with van der Waals surface area (Å²) in [6.45, 7) is 2.30. The molecule has 2 heteroatoms. The molecule has 10 heavy (non-hydrogen) atoms. The Hall–Kier alpha value is -0.0800. The third-order valence-electron chi connectivity index (χ3n) is 1.88. The first kappa shape index (κ1) is 8.02. The van der Waals surface area contributed by atoms with Gasteiger partial charge in [-0.1, -0.05) is 12.8 Å². The molecule has 0 aromatic heterocycles. The summed E-state index contributed by atoms with van der Waals surface area (Å²) in [7, 11) is 1.63. The molecule has 1 atom stereocenters. The Morgan fingerprint density at radius 2 is 2.20 bits per heavy atom. The van der Waals surface area contributed by atoms with E-state index in [9.17, 15) is 5.11 Å². The van der Waals surface area contributed by atoms with Crippen molar-refractivity contribution in [3.8, 4) is 0 Å². The van der Waals surface area contributed by atoms with Crippen LogP contribution in [-0.4, -0.2) is 24.4 Å². The lowest BCUT2D eigenvalue weighted by Crippen LogP contribution is -2.30. The maximum atomic E-state index is 9.60. The molecule has 60 valence electrons. The van der Waals surface area contributed by atoms with Crippen molar-refractivity contribution in [1.82, 2.24) is 0 Å². The highest BCUT2D eigenvalue weighted by molar-refractivity contribution is 4.83. The van der Waals surface area contributed by atoms with Crippen LogP contribution in [0.25, 0.3) is 0 Å². The minimum Gasteiger partial charge on any atom is -0.388 e. The predicted octanol–water partition coefficient (Wildman–Crippen LogP) is 1.18. The quantitative estimate of drug-likeness (QED) is 0.642. The molecule has 1 saturated carbocycles. The van der Waals surface area contributed by atoms with Crippen LogP contribution in [0.3, 0.4) is 0 Å². The third kappa shape index (κ3) is 2.67. The van der Waals surface area contributed by atoms with Gasteiger partial charge in [-0.05, 0) is 19.3 Å². The summed E-state index contributed by atoms with van der Waals surface area (Å²) in [5.41, 5.74) is -0.587. The molecule has 0 spiro atoms. The van der Waals surface area contributed by atoms with Crippen molar-refractivity contribution < 1.29 is 9.84 Å². The fraction of sp³-hybridized carbons (Fsp3) is 1.00. The molecule has 0 bridgehead atoms. The van der Waals surface area contributed by atoms with Gasteiger partial charge < -0.3 is 9.84 Å². The van der Waals surface area contributed by atoms with E-state index in [0.29, 0.717) is 6.61 Å². The lowest BCUT2D eigenvalue weighted by Gasteiger charge is -2.21. The standard InChI is InChI=1S/C8H16O2/c1-8(9,6-10-2)5-7-3-4-7/h7,9H,3-6H2,1-2H3. The summed E-state index contributed by atoms with van der Waals surface area (Å²) in [6, 6.07) is 0. The highest BCUT2D eigenvalue weighted by Crippen LogP contribution is 2.36. The van der Waals surface area contributed by atoms with E-state index in [1.54, 1.807) is 7.11 Å². The summed E-state index contributed by atoms with van der Waals surface area (Å²) in [5, 5.41) is 9.60. The zero-order valence-corrected chi connectivity index (χ0v) is 6.76. The first-order chi connectivity index (χ1) is 4.64. The number of methoxy groups -OCH3 is 1. The molecule has 1 aliphatic carbocycles. The Morgan fingerprint density at radius 3 is 2.60 bits per heavy atom. The van der Waals surface area contributed by atoms with Gasteiger partial charge in [-0.2, -0.15) is 0 Å². The van der Waals surface area contributed by atoms with Crippen molar-refractivity contribution in [2.75, 3.05) is 13.7 Å². The minimum atomic E-state index is -0.587. The topological polar surface area (TPSA) is 29.5 Å². The van der Waals surface area contributed by atoms with E-state index in [2.05, 4.69) is 0 Å². The maximum Gasteiger partial charge on any atom is 0.0854 e. The van der Waals surface area contributed by atoms with E-state index in [4.69, 9.17) is 4.74 Å². The fourth-order valence-electron chi connectivity index (χ4n) is 1.31. The monoisotopic (exact) mass is 144 g/mol. The fourth-order valence-corrected chi connectivity index (χ4v) is 1.31. The second kappa shape index (κ2) is 2.89. The number of hydrogen-bond donors (Lipinski definition) is 1. The molecular weight excluding hydrogens is 128 g/mol. The molecule has 1 unspecified atom stereocenters. The molecule has 0 radical (unpaired) electrons. The van der Waals surface area contributed by atoms with Crippen LogP contribution in [0.15, 0.2) is 0 Å². The van der Waals surface area contributed by atoms with Gasteiger partial charge >= 0.3 is 0 Å². The van der Waals surface area contributed by atoms with Crippen LogP contribution >= 0.6 is 0 Å². The van der Waals surface area contributed by atoms with E-state index in [1.165, 1.54) is 12.8 Å². The molecule has 1 rings (SSSR count). The van der Waals surface area contributed by atoms with Crippen molar-refractivity contribution in [2.24, 2.45) is 5.92 Å². The van der Waals surface area contributed by atoms with E-state index in [1.807, 2.05) is 6.92 Å². The van der Waals surface area contributed by atoms with E-state index >= 15 is 0 Å². The second-order valence-corrected chi connectivity index (χ2v) is 3.58. The van der Waals surface area contributed by atoms with Gasteiger partial charge in [-0.15, -0.1) is 0 Å². The van der Waals surface area contributed by atoms with Gasteiger partial charge in [0.25, 0.3) is 0 Å². The number of aliphatic hydroxyl groups is 1. The summed E-state index contributed by atoms with van der Waals surface area (Å²) in [5.74, 6) is 0.769. The van der Waals surface area contributed by atoms with Crippen molar-refractivity contribution in [2.45, 2.75) is 31.8 Å². The van der Waals surface area contributed by atoms with Gasteiger partial charge in [-0.25, -0.2) is 0 Å². The van der Waals surface area contributed by atoms with Gasteiger partial charge in [0.2, 0.25) is 0 Å². The van der Waals surface area contributed by atoms with Crippen LogP contribution in [0.2, 0.25) is 0 Å². The average molecular weight is 144 g/mol. The SMILES string of the molecule is COCC(C)(O)CC1CC1. The van der Waals surface area contributed by atoms with Crippen LogP contribution in [-0.2, 0) is 4.74 Å². The molecule has 0 heterocycles. The summed E-state index contributed by atoms with van der Waals surface area (Å²) in [6.07, 6.45) is 3.49. The van der Waals surface area contributed by atoms with Crippen molar-refractivity contribution >= 4 is 0 Å². The molecule has 2 nitrogen and oxygen atoms in total. The normalized spacial score (nSPS) is 24.3. The van der Waals surface area contributed by atoms with E-state index in [0.717, 1.165) is 12.3 Å². The molecule has 1 N–H and O–H groups in total. The Labute approximate surface area is 62.2 Å². The first-order valence-electron chi connectivity index (χ1n) is 3.85. The zero-order valence-electron chi connectivity index (χ0n) is 6.76. The van der Waals surface area contributed by atoms with Gasteiger partial charge in [-0.3, -0.25) is 0 Å². The van der Waals surface area contributed by atoms with Gasteiger partial charge in [0, 0.05) is 7.11 Å². The molecule has 0 aromatic carbocycles. The highest BCUT2D eigenvalue weighted by Gasteiger charge is 2.31. The van der Waals surface area contributed by atoms with Gasteiger partial charge in [0.05, 0.1) is 12.2 Å². The van der Waals surface area contributed by atoms with Crippen molar-refractivity contribution in [1.29, 1.82) is 0 Å². The number of hydrogen-bond acceptors (Lipinski definition) is 2. The Balaban J connectivity index is 2.19. The van der Waals surface area contributed by atoms with Crippen LogP contribution < -0.4 is 0 Å². The first-order valence-corrected chi connectivity index (χ1v) is 3.85. The molecule has 1 fully saturated rings. The Morgan fingerprint density at radius 1 is 1.60 bits per heavy atom. The summed E-state index contributed by atoms with van der Waals surface area (Å²) in [4.78, 5) is 0. The highest BCUT2D eigenvalue weighted by atomic mass is 16.5. The lowest BCUT2D eigenvalue weighted by atomic mass is 10.0. The Kier molecular flexibility index (Phi) is 2.32. The largest absolute Gasteiger partial charge is 0.388 e. The maximum absolute atomic E-state index is 9.60. The molecule has 1 aliphatic rings. The number of rotatable bonds is 4. The molecule has 0 aromatic rings. The van der Waals surface area contributed by atoms with Crippen LogP contribution in [0.5, 0.6) is 0 Å². The predicted molar refractivity (Wildman–Crippen MR) is 39.8 cm³/mol. The van der Waals surface area contributed by atoms with Crippen molar-refractivity contribution in [3.63, 3.8) is 0 Å². The summed E-state index contributed by atoms with van der Waals surface area (Å²) < 4.78 is 4.89. The molecule has 0 saturated heterocycles.